The SMILES string of the molecule is [CH]1[CH]CC[CH][CH]CC1.[CH]1[CH]CC[CH][CH]CC1.[Rh].[Rh].[S-]CCC[S-]. The molecule has 138 valence electrons. The van der Waals surface area contributed by atoms with E-state index >= 15 is 0 Å². The molecule has 0 atom stereocenters. The van der Waals surface area contributed by atoms with E-state index in [0.717, 1.165) is 17.9 Å². The molecule has 2 aliphatic rings. The Bertz CT molecular complexity index is 115. The summed E-state index contributed by atoms with van der Waals surface area (Å²) in [5.74, 6) is 1.65. The molecule has 0 aromatic heterocycles. The Morgan fingerprint density at radius 1 is 0.435 bits per heavy atom. The van der Waals surface area contributed by atoms with Crippen molar-refractivity contribution in [2.24, 2.45) is 0 Å². The largest absolute Gasteiger partial charge is 0.793 e. The first kappa shape index (κ1) is 29.7. The maximum Gasteiger partial charge on any atom is 0 e. The van der Waals surface area contributed by atoms with Gasteiger partial charge in [0.15, 0.2) is 0 Å². The van der Waals surface area contributed by atoms with Crippen molar-refractivity contribution in [3.63, 3.8) is 0 Å². The van der Waals surface area contributed by atoms with E-state index in [-0.39, 0.29) is 39.0 Å². The summed E-state index contributed by atoms with van der Waals surface area (Å²) in [6, 6.07) is 0. The van der Waals surface area contributed by atoms with Crippen molar-refractivity contribution in [2.75, 3.05) is 11.5 Å². The van der Waals surface area contributed by atoms with Crippen LogP contribution in [0.2, 0.25) is 0 Å². The summed E-state index contributed by atoms with van der Waals surface area (Å²) in [5, 5.41) is 0. The van der Waals surface area contributed by atoms with Gasteiger partial charge in [-0.05, 0) is 103 Å². The Morgan fingerprint density at radius 2 is 0.609 bits per heavy atom. The zero-order chi connectivity index (χ0) is 15.4. The van der Waals surface area contributed by atoms with Gasteiger partial charge in [-0.25, -0.2) is 0 Å². The molecule has 2 saturated carbocycles. The van der Waals surface area contributed by atoms with Crippen LogP contribution in [0.25, 0.3) is 0 Å². The molecule has 2 aliphatic carbocycles. The van der Waals surface area contributed by atoms with E-state index in [1.54, 1.807) is 0 Å². The van der Waals surface area contributed by atoms with Gasteiger partial charge < -0.3 is 25.3 Å². The van der Waals surface area contributed by atoms with Crippen LogP contribution in [0, 0.1) is 51.4 Å². The van der Waals surface area contributed by atoms with Gasteiger partial charge in [-0.3, -0.25) is 0 Å². The minimum Gasteiger partial charge on any atom is -0.793 e. The monoisotopic (exact) mass is 528 g/mol. The first-order valence-corrected chi connectivity index (χ1v) is 9.33. The van der Waals surface area contributed by atoms with Crippen LogP contribution in [-0.2, 0) is 64.2 Å². The maximum atomic E-state index is 4.58. The van der Waals surface area contributed by atoms with Crippen LogP contribution in [0.1, 0.15) is 57.8 Å². The molecule has 0 heterocycles. The maximum absolute atomic E-state index is 4.58. The number of hydrogen-bond acceptors (Lipinski definition) is 2. The van der Waals surface area contributed by atoms with Crippen LogP contribution in [0.15, 0.2) is 0 Å². The van der Waals surface area contributed by atoms with Crippen molar-refractivity contribution in [3.8, 4) is 0 Å². The third-order valence-corrected chi connectivity index (χ3v) is 3.53. The molecule has 0 amide bonds. The van der Waals surface area contributed by atoms with E-state index in [1.165, 1.54) is 51.4 Å². The summed E-state index contributed by atoms with van der Waals surface area (Å²) in [5.41, 5.74) is 0. The van der Waals surface area contributed by atoms with Gasteiger partial charge >= 0.3 is 0 Å². The molecule has 0 N–H and O–H groups in total. The predicted octanol–water partition coefficient (Wildman–Crippen LogP) is 5.22. The van der Waals surface area contributed by atoms with Crippen LogP contribution < -0.4 is 0 Å². The van der Waals surface area contributed by atoms with Gasteiger partial charge in [-0.15, -0.1) is 0 Å². The van der Waals surface area contributed by atoms with Crippen LogP contribution in [0.4, 0.5) is 0 Å². The van der Waals surface area contributed by atoms with Gasteiger partial charge in [0.05, 0.1) is 0 Å². The van der Waals surface area contributed by atoms with Crippen molar-refractivity contribution in [2.45, 2.75) is 57.8 Å². The Kier molecular flexibility index (Phi) is 37.1. The number of rotatable bonds is 2. The van der Waals surface area contributed by atoms with Crippen molar-refractivity contribution in [3.05, 3.63) is 51.4 Å². The fraction of sp³-hybridized carbons (Fsp3) is 0.579. The van der Waals surface area contributed by atoms with Crippen molar-refractivity contribution < 1.29 is 39.0 Å². The Labute approximate surface area is 183 Å². The van der Waals surface area contributed by atoms with Crippen molar-refractivity contribution in [1.82, 2.24) is 0 Å². The molecular formula is C19H30Rh2S2-2. The van der Waals surface area contributed by atoms with Crippen molar-refractivity contribution in [1.29, 1.82) is 0 Å². The second kappa shape index (κ2) is 28.7. The van der Waals surface area contributed by atoms with Crippen LogP contribution in [0.3, 0.4) is 0 Å². The number of hydrogen-bond donors (Lipinski definition) is 0. The molecule has 0 aromatic rings. The van der Waals surface area contributed by atoms with Crippen LogP contribution in [-0.4, -0.2) is 11.5 Å². The van der Waals surface area contributed by atoms with E-state index in [4.69, 9.17) is 0 Å². The molecule has 2 rings (SSSR count). The van der Waals surface area contributed by atoms with E-state index in [2.05, 4.69) is 76.6 Å². The van der Waals surface area contributed by atoms with Crippen LogP contribution in [0.5, 0.6) is 0 Å². The van der Waals surface area contributed by atoms with E-state index in [0.29, 0.717) is 0 Å². The second-order valence-electron chi connectivity index (χ2n) is 4.96. The standard InChI is InChI=1S/2C8H12.C3H8S2.2Rh/c2*1-2-4-6-8-7-5-3-1;4-2-1-3-5;;/h2*1-2,7-8H,3-6H2;4-5H,1-3H2;;/p-2. The molecule has 10 radical (unpaired) electrons. The van der Waals surface area contributed by atoms with Gasteiger partial charge in [0.1, 0.15) is 0 Å². The molecule has 0 aliphatic heterocycles. The normalized spacial score (nSPS) is 18.5. The molecule has 0 unspecified atom stereocenters. The van der Waals surface area contributed by atoms with E-state index in [1.807, 2.05) is 0 Å². The fourth-order valence-electron chi connectivity index (χ4n) is 1.77. The van der Waals surface area contributed by atoms with Gasteiger partial charge in [-0.2, -0.15) is 11.5 Å². The first-order chi connectivity index (χ1) is 10.4. The average Bonchev–Trinajstić information content (AvgIpc) is 2.39. The molecule has 0 spiro atoms. The Hall–Kier alpha value is 1.95. The van der Waals surface area contributed by atoms with Crippen molar-refractivity contribution >= 4 is 25.3 Å². The molecule has 23 heavy (non-hydrogen) atoms. The summed E-state index contributed by atoms with van der Waals surface area (Å²) in [4.78, 5) is 0. The fourth-order valence-corrected chi connectivity index (χ4v) is 2.24. The Morgan fingerprint density at radius 3 is 0.696 bits per heavy atom. The first-order valence-electron chi connectivity index (χ1n) is 8.18. The molecule has 0 saturated heterocycles. The quantitative estimate of drug-likeness (QED) is 0.356. The summed E-state index contributed by atoms with van der Waals surface area (Å²) >= 11 is 9.17. The molecule has 4 heteroatoms. The van der Waals surface area contributed by atoms with Gasteiger partial charge in [0, 0.05) is 39.0 Å². The minimum absolute atomic E-state index is 0. The zero-order valence-corrected chi connectivity index (χ0v) is 18.8. The smallest absolute Gasteiger partial charge is 0 e. The Balaban J connectivity index is -0.000000258. The molecule has 0 bridgehead atoms. The van der Waals surface area contributed by atoms with Crippen LogP contribution >= 0.6 is 0 Å². The molecule has 0 aromatic carbocycles. The third kappa shape index (κ3) is 29.0. The van der Waals surface area contributed by atoms with E-state index < -0.39 is 0 Å². The summed E-state index contributed by atoms with van der Waals surface area (Å²) < 4.78 is 0. The van der Waals surface area contributed by atoms with Gasteiger partial charge in [0.2, 0.25) is 0 Å². The molecule has 2 fully saturated rings. The summed E-state index contributed by atoms with van der Waals surface area (Å²) in [6.45, 7) is 0. The molecular weight excluding hydrogens is 498 g/mol. The van der Waals surface area contributed by atoms with Gasteiger partial charge in [-0.1, -0.05) is 6.42 Å². The molecule has 0 nitrogen and oxygen atoms in total. The summed E-state index contributed by atoms with van der Waals surface area (Å²) in [6.07, 6.45) is 29.0. The second-order valence-corrected chi connectivity index (χ2v) is 5.77. The summed E-state index contributed by atoms with van der Waals surface area (Å²) in [7, 11) is 0. The third-order valence-electron chi connectivity index (χ3n) is 2.96. The minimum atomic E-state index is 0. The zero-order valence-electron chi connectivity index (χ0n) is 13.9. The van der Waals surface area contributed by atoms with Gasteiger partial charge in [0.25, 0.3) is 0 Å². The predicted molar refractivity (Wildman–Crippen MR) is 100 cm³/mol. The topological polar surface area (TPSA) is 0 Å². The van der Waals surface area contributed by atoms with E-state index in [9.17, 15) is 0 Å². The average molecular weight is 528 g/mol.